The van der Waals surface area contributed by atoms with E-state index in [9.17, 15) is 4.79 Å². The lowest BCUT2D eigenvalue weighted by atomic mass is 10.2. The largest absolute Gasteiger partial charge is 0.385 e. The van der Waals surface area contributed by atoms with Gasteiger partial charge in [0, 0.05) is 25.6 Å². The van der Waals surface area contributed by atoms with Crippen molar-refractivity contribution in [1.82, 2.24) is 24.7 Å². The van der Waals surface area contributed by atoms with Crippen LogP contribution in [0.15, 0.2) is 34.2 Å². The number of H-pyrrole nitrogens is 1. The summed E-state index contributed by atoms with van der Waals surface area (Å²) in [6, 6.07) is 7.60. The Morgan fingerprint density at radius 3 is 3.00 bits per heavy atom. The molecule has 126 valence electrons. The quantitative estimate of drug-likeness (QED) is 0.491. The number of aromatic amines is 1. The summed E-state index contributed by atoms with van der Waals surface area (Å²) in [5.74, 6) is 1.54. The Morgan fingerprint density at radius 1 is 1.33 bits per heavy atom. The molecule has 3 N–H and O–H groups in total. The number of hydrogen-bond acceptors (Lipinski definition) is 7. The molecule has 24 heavy (non-hydrogen) atoms. The van der Waals surface area contributed by atoms with Crippen LogP contribution in [0, 0.1) is 0 Å². The van der Waals surface area contributed by atoms with Crippen LogP contribution >= 0.6 is 11.8 Å². The molecule has 2 heterocycles. The van der Waals surface area contributed by atoms with Crippen molar-refractivity contribution in [1.29, 1.82) is 0 Å². The van der Waals surface area contributed by atoms with Gasteiger partial charge in [0.1, 0.15) is 11.6 Å². The number of nitrogens with two attached hydrogens (primary N) is 1. The lowest BCUT2D eigenvalue weighted by Gasteiger charge is -2.06. The molecule has 0 aliphatic rings. The minimum absolute atomic E-state index is 0.229. The first-order valence-electron chi connectivity index (χ1n) is 7.47. The Morgan fingerprint density at radius 2 is 2.17 bits per heavy atom. The van der Waals surface area contributed by atoms with Crippen molar-refractivity contribution in [3.05, 3.63) is 40.6 Å². The number of thioether (sulfide) groups is 1. The first-order valence-corrected chi connectivity index (χ1v) is 8.45. The summed E-state index contributed by atoms with van der Waals surface area (Å²) in [7, 11) is 1.63. The van der Waals surface area contributed by atoms with E-state index < -0.39 is 0 Å². The van der Waals surface area contributed by atoms with Crippen molar-refractivity contribution in [2.75, 3.05) is 19.5 Å². The van der Waals surface area contributed by atoms with Crippen molar-refractivity contribution in [2.45, 2.75) is 23.9 Å². The molecule has 0 bridgehead atoms. The van der Waals surface area contributed by atoms with Crippen LogP contribution < -0.4 is 11.4 Å². The van der Waals surface area contributed by atoms with E-state index in [1.165, 1.54) is 11.8 Å². The van der Waals surface area contributed by atoms with E-state index >= 15 is 0 Å². The number of aromatic nitrogens is 5. The van der Waals surface area contributed by atoms with E-state index in [0.717, 1.165) is 17.3 Å². The van der Waals surface area contributed by atoms with E-state index in [1.807, 2.05) is 24.3 Å². The van der Waals surface area contributed by atoms with E-state index in [4.69, 9.17) is 10.5 Å². The number of nitrogens with one attached hydrogen (secondary N) is 1. The summed E-state index contributed by atoms with van der Waals surface area (Å²) >= 11 is 1.40. The predicted octanol–water partition coefficient (Wildman–Crippen LogP) is 1.43. The number of benzene rings is 1. The van der Waals surface area contributed by atoms with Gasteiger partial charge in [0.25, 0.3) is 0 Å². The number of nitrogen functional groups attached to an aromatic ring is 1. The highest BCUT2D eigenvalue weighted by molar-refractivity contribution is 7.98. The molecule has 8 nitrogen and oxygen atoms in total. The summed E-state index contributed by atoms with van der Waals surface area (Å²) in [5, 5.41) is 7.97. The standard InChI is InChI=1S/C15H18N6O2S/c1-23-8-4-7-21-14(22)19-20-15(21)24-9-12-17-11-6-3-2-5-10(11)13(16)18-12/h2-3,5-6H,4,7-9H2,1H3,(H,19,22)(H2,16,17,18). The minimum atomic E-state index is -0.229. The van der Waals surface area contributed by atoms with Crippen LogP contribution in [0.2, 0.25) is 0 Å². The van der Waals surface area contributed by atoms with E-state index in [0.29, 0.717) is 35.7 Å². The summed E-state index contributed by atoms with van der Waals surface area (Å²) in [4.78, 5) is 20.6. The summed E-state index contributed by atoms with van der Waals surface area (Å²) < 4.78 is 6.61. The molecule has 3 aromatic rings. The topological polar surface area (TPSA) is 112 Å². The van der Waals surface area contributed by atoms with Gasteiger partial charge < -0.3 is 10.5 Å². The molecule has 0 saturated carbocycles. The zero-order valence-electron chi connectivity index (χ0n) is 13.2. The van der Waals surface area contributed by atoms with Crippen LogP contribution in [-0.4, -0.2) is 38.4 Å². The Hall–Kier alpha value is -2.39. The first-order chi connectivity index (χ1) is 11.7. The number of ether oxygens (including phenoxy) is 1. The average Bonchev–Trinajstić information content (AvgIpc) is 2.94. The maximum atomic E-state index is 11.8. The van der Waals surface area contributed by atoms with E-state index in [1.54, 1.807) is 11.7 Å². The molecule has 0 unspecified atom stereocenters. The molecular formula is C15H18N6O2S. The van der Waals surface area contributed by atoms with Gasteiger partial charge in [0.2, 0.25) is 0 Å². The van der Waals surface area contributed by atoms with Gasteiger partial charge in [-0.3, -0.25) is 4.57 Å². The van der Waals surface area contributed by atoms with Gasteiger partial charge in [-0.2, -0.15) is 0 Å². The summed E-state index contributed by atoms with van der Waals surface area (Å²) in [5.41, 5.74) is 6.57. The molecule has 2 aromatic heterocycles. The van der Waals surface area contributed by atoms with E-state index in [2.05, 4.69) is 20.2 Å². The second-order valence-corrected chi connectivity index (χ2v) is 6.08. The smallest absolute Gasteiger partial charge is 0.343 e. The number of nitrogens with zero attached hydrogens (tertiary/aromatic N) is 4. The van der Waals surface area contributed by atoms with Crippen LogP contribution in [0.5, 0.6) is 0 Å². The Kier molecular flexibility index (Phi) is 5.11. The second kappa shape index (κ2) is 7.45. The van der Waals surface area contributed by atoms with Gasteiger partial charge in [0.15, 0.2) is 5.16 Å². The number of rotatable bonds is 7. The van der Waals surface area contributed by atoms with E-state index in [-0.39, 0.29) is 5.69 Å². The van der Waals surface area contributed by atoms with Gasteiger partial charge in [-0.05, 0) is 18.6 Å². The van der Waals surface area contributed by atoms with Crippen molar-refractivity contribution < 1.29 is 4.74 Å². The highest BCUT2D eigenvalue weighted by Crippen LogP contribution is 2.22. The number of anilines is 1. The van der Waals surface area contributed by atoms with Crippen molar-refractivity contribution in [2.24, 2.45) is 0 Å². The lowest BCUT2D eigenvalue weighted by Crippen LogP contribution is -2.18. The number of hydrogen-bond donors (Lipinski definition) is 2. The molecule has 0 fully saturated rings. The fraction of sp³-hybridized carbons (Fsp3) is 0.333. The van der Waals surface area contributed by atoms with Crippen LogP contribution in [0.3, 0.4) is 0 Å². The number of para-hydroxylation sites is 1. The molecule has 1 aromatic carbocycles. The summed E-state index contributed by atoms with van der Waals surface area (Å²) in [6.45, 7) is 1.14. The highest BCUT2D eigenvalue weighted by Gasteiger charge is 2.11. The van der Waals surface area contributed by atoms with Crippen molar-refractivity contribution >= 4 is 28.5 Å². The molecule has 3 rings (SSSR count). The van der Waals surface area contributed by atoms with Gasteiger partial charge in [-0.15, -0.1) is 5.10 Å². The van der Waals surface area contributed by atoms with Crippen LogP contribution in [0.4, 0.5) is 5.82 Å². The molecule has 0 atom stereocenters. The normalized spacial score (nSPS) is 11.2. The predicted molar refractivity (Wildman–Crippen MR) is 92.9 cm³/mol. The number of methoxy groups -OCH3 is 1. The van der Waals surface area contributed by atoms with Gasteiger partial charge in [-0.25, -0.2) is 19.9 Å². The highest BCUT2D eigenvalue weighted by atomic mass is 32.2. The molecule has 0 radical (unpaired) electrons. The zero-order valence-corrected chi connectivity index (χ0v) is 14.0. The number of fused-ring (bicyclic) bond motifs is 1. The maximum absolute atomic E-state index is 11.8. The third-order valence-corrected chi connectivity index (χ3v) is 4.44. The molecule has 0 aliphatic carbocycles. The summed E-state index contributed by atoms with van der Waals surface area (Å²) in [6.07, 6.45) is 0.739. The Bertz CT molecular complexity index is 891. The van der Waals surface area contributed by atoms with Gasteiger partial charge >= 0.3 is 5.69 Å². The lowest BCUT2D eigenvalue weighted by molar-refractivity contribution is 0.189. The third kappa shape index (κ3) is 3.57. The molecule has 0 aliphatic heterocycles. The van der Waals surface area contributed by atoms with Crippen molar-refractivity contribution in [3.8, 4) is 0 Å². The molecule has 0 spiro atoms. The van der Waals surface area contributed by atoms with Crippen LogP contribution in [0.1, 0.15) is 12.2 Å². The average molecular weight is 346 g/mol. The monoisotopic (exact) mass is 346 g/mol. The van der Waals surface area contributed by atoms with Gasteiger partial charge in [0.05, 0.1) is 11.3 Å². The zero-order chi connectivity index (χ0) is 16.9. The van der Waals surface area contributed by atoms with Crippen LogP contribution in [0.25, 0.3) is 10.9 Å². The SMILES string of the molecule is COCCCn1c(SCc2nc(N)c3ccccc3n2)n[nH]c1=O. The molecule has 0 saturated heterocycles. The third-order valence-electron chi connectivity index (χ3n) is 3.46. The minimum Gasteiger partial charge on any atom is -0.385 e. The Labute approximate surface area is 142 Å². The molecular weight excluding hydrogens is 328 g/mol. The second-order valence-electron chi connectivity index (χ2n) is 5.14. The fourth-order valence-electron chi connectivity index (χ4n) is 2.32. The molecule has 9 heteroatoms. The van der Waals surface area contributed by atoms with Crippen LogP contribution in [-0.2, 0) is 17.0 Å². The first kappa shape index (κ1) is 16.5. The van der Waals surface area contributed by atoms with Gasteiger partial charge in [-0.1, -0.05) is 23.9 Å². The maximum Gasteiger partial charge on any atom is 0.343 e. The molecule has 0 amide bonds. The fourth-order valence-corrected chi connectivity index (χ4v) is 3.15. The Balaban J connectivity index is 1.75. The van der Waals surface area contributed by atoms with Crippen molar-refractivity contribution in [3.63, 3.8) is 0 Å².